The van der Waals surface area contributed by atoms with Crippen molar-refractivity contribution < 1.29 is 21.6 Å². The van der Waals surface area contributed by atoms with Crippen molar-refractivity contribution >= 4 is 26.6 Å². The molecule has 11 heteroatoms. The van der Waals surface area contributed by atoms with E-state index in [2.05, 4.69) is 10.1 Å². The summed E-state index contributed by atoms with van der Waals surface area (Å²) in [5.41, 5.74) is 13.9. The first-order chi connectivity index (χ1) is 18.9. The summed E-state index contributed by atoms with van der Waals surface area (Å²) in [6.45, 7) is 5.31. The predicted molar refractivity (Wildman–Crippen MR) is 149 cm³/mol. The fourth-order valence-electron chi connectivity index (χ4n) is 5.49. The predicted octanol–water partition coefficient (Wildman–Crippen LogP) is 5.95. The lowest BCUT2D eigenvalue weighted by atomic mass is 9.82. The van der Waals surface area contributed by atoms with E-state index in [0.29, 0.717) is 5.39 Å². The third kappa shape index (κ3) is 5.08. The molecule has 0 saturated heterocycles. The maximum atomic E-state index is 15.6. The number of nitrogens with two attached hydrogens (primary N) is 2. The maximum Gasteiger partial charge on any atom is 0.182 e. The van der Waals surface area contributed by atoms with Crippen LogP contribution in [0, 0.1) is 24.4 Å². The Morgan fingerprint density at radius 2 is 1.73 bits per heavy atom. The Labute approximate surface area is 231 Å². The number of hydrogen-bond donors (Lipinski definition) is 2. The summed E-state index contributed by atoms with van der Waals surface area (Å²) in [5, 5.41) is 5.11. The molecule has 212 valence electrons. The van der Waals surface area contributed by atoms with E-state index in [1.807, 2.05) is 13.8 Å². The molecule has 7 nitrogen and oxygen atoms in total. The number of aromatic nitrogens is 3. The van der Waals surface area contributed by atoms with Crippen LogP contribution in [0.3, 0.4) is 0 Å². The van der Waals surface area contributed by atoms with Gasteiger partial charge in [-0.05, 0) is 93.8 Å². The summed E-state index contributed by atoms with van der Waals surface area (Å²) in [7, 11) is -4.07. The summed E-state index contributed by atoms with van der Waals surface area (Å²) < 4.78 is 72.3. The highest BCUT2D eigenvalue weighted by Gasteiger charge is 2.29. The van der Waals surface area contributed by atoms with Gasteiger partial charge in [0.25, 0.3) is 0 Å². The summed E-state index contributed by atoms with van der Waals surface area (Å²) in [6.07, 6.45) is 5.24. The van der Waals surface area contributed by atoms with Crippen molar-refractivity contribution in [3.05, 3.63) is 70.7 Å². The SMILES string of the molecule is Cc1cc(S(=O)(=O)Cc2cc(F)c(-c3nn(C(C)C)c4c(C5CCC(N)CC5)cnc(N)c34)cc2F)ccc1F. The minimum Gasteiger partial charge on any atom is -0.383 e. The van der Waals surface area contributed by atoms with Crippen LogP contribution in [0.25, 0.3) is 22.2 Å². The van der Waals surface area contributed by atoms with Gasteiger partial charge >= 0.3 is 0 Å². The number of rotatable bonds is 6. The van der Waals surface area contributed by atoms with Crippen molar-refractivity contribution in [2.24, 2.45) is 5.73 Å². The summed E-state index contributed by atoms with van der Waals surface area (Å²) in [4.78, 5) is 4.22. The number of nitrogens with zero attached hydrogens (tertiary/aromatic N) is 3. The number of anilines is 1. The molecule has 1 aliphatic rings. The van der Waals surface area contributed by atoms with E-state index in [-0.39, 0.29) is 51.1 Å². The summed E-state index contributed by atoms with van der Waals surface area (Å²) in [5.74, 6) is -2.77. The van der Waals surface area contributed by atoms with Gasteiger partial charge in [0.05, 0.1) is 21.6 Å². The largest absolute Gasteiger partial charge is 0.383 e. The summed E-state index contributed by atoms with van der Waals surface area (Å²) in [6, 6.07) is 5.18. The average Bonchev–Trinajstić information content (AvgIpc) is 3.30. The molecule has 40 heavy (non-hydrogen) atoms. The topological polar surface area (TPSA) is 117 Å². The zero-order chi connectivity index (χ0) is 28.9. The summed E-state index contributed by atoms with van der Waals surface area (Å²) >= 11 is 0. The van der Waals surface area contributed by atoms with Crippen LogP contribution < -0.4 is 11.5 Å². The molecule has 2 heterocycles. The quantitative estimate of drug-likeness (QED) is 0.277. The molecule has 1 aliphatic carbocycles. The van der Waals surface area contributed by atoms with E-state index >= 15 is 8.78 Å². The average molecular weight is 572 g/mol. The van der Waals surface area contributed by atoms with Crippen LogP contribution >= 0.6 is 0 Å². The Bertz CT molecular complexity index is 1710. The lowest BCUT2D eigenvalue weighted by molar-refractivity contribution is 0.395. The monoisotopic (exact) mass is 571 g/mol. The van der Waals surface area contributed by atoms with Crippen LogP contribution in [0.4, 0.5) is 19.0 Å². The van der Waals surface area contributed by atoms with Gasteiger partial charge in [-0.2, -0.15) is 5.10 Å². The molecule has 0 aliphatic heterocycles. The van der Waals surface area contributed by atoms with Gasteiger partial charge in [0.2, 0.25) is 0 Å². The molecule has 0 atom stereocenters. The number of nitrogen functional groups attached to an aromatic ring is 1. The van der Waals surface area contributed by atoms with Crippen LogP contribution in [-0.4, -0.2) is 29.2 Å². The molecule has 0 radical (unpaired) electrons. The van der Waals surface area contributed by atoms with E-state index in [0.717, 1.165) is 61.0 Å². The molecule has 1 saturated carbocycles. The van der Waals surface area contributed by atoms with Crippen molar-refractivity contribution in [1.82, 2.24) is 14.8 Å². The first-order valence-corrected chi connectivity index (χ1v) is 14.9. The van der Waals surface area contributed by atoms with Crippen LogP contribution in [-0.2, 0) is 15.6 Å². The molecule has 2 aromatic carbocycles. The van der Waals surface area contributed by atoms with E-state index < -0.39 is 33.0 Å². The Morgan fingerprint density at radius 3 is 2.38 bits per heavy atom. The third-order valence-electron chi connectivity index (χ3n) is 7.71. The van der Waals surface area contributed by atoms with Crippen molar-refractivity contribution in [3.63, 3.8) is 0 Å². The van der Waals surface area contributed by atoms with Crippen molar-refractivity contribution in [2.75, 3.05) is 5.73 Å². The molecule has 4 N–H and O–H groups in total. The van der Waals surface area contributed by atoms with E-state index in [9.17, 15) is 12.8 Å². The lowest BCUT2D eigenvalue weighted by Gasteiger charge is -2.27. The van der Waals surface area contributed by atoms with Crippen LogP contribution in [0.5, 0.6) is 0 Å². The number of fused-ring (bicyclic) bond motifs is 1. The smallest absolute Gasteiger partial charge is 0.182 e. The highest BCUT2D eigenvalue weighted by molar-refractivity contribution is 7.90. The van der Waals surface area contributed by atoms with Crippen LogP contribution in [0.2, 0.25) is 0 Å². The second-order valence-corrected chi connectivity index (χ2v) is 12.9. The van der Waals surface area contributed by atoms with Crippen LogP contribution in [0.15, 0.2) is 41.4 Å². The highest BCUT2D eigenvalue weighted by atomic mass is 32.2. The number of pyridine rings is 1. The van der Waals surface area contributed by atoms with Gasteiger partial charge in [-0.1, -0.05) is 0 Å². The number of hydrogen-bond acceptors (Lipinski definition) is 6. The maximum absolute atomic E-state index is 15.6. The molecule has 0 amide bonds. The lowest BCUT2D eigenvalue weighted by Crippen LogP contribution is -2.26. The third-order valence-corrected chi connectivity index (χ3v) is 9.37. The molecular formula is C29H32F3N5O2S. The standard InChI is InChI=1S/C29H32F3N5O2S/c1-15(2)37-28-22(17-4-6-19(33)7-5-17)13-35-29(34)26(28)27(36-37)21-12-24(31)18(11-25(21)32)14-40(38,39)20-8-9-23(30)16(3)10-20/h8-13,15,17,19H,4-7,14,33H2,1-3H3,(H2,34,35). The van der Waals surface area contributed by atoms with Gasteiger partial charge in [-0.3, -0.25) is 4.68 Å². The zero-order valence-corrected chi connectivity index (χ0v) is 23.4. The first kappa shape index (κ1) is 28.1. The Balaban J connectivity index is 1.60. The minimum absolute atomic E-state index is 0.112. The minimum atomic E-state index is -4.07. The molecule has 2 aromatic heterocycles. The number of aryl methyl sites for hydroxylation is 1. The van der Waals surface area contributed by atoms with Crippen molar-refractivity contribution in [3.8, 4) is 11.3 Å². The fourth-order valence-corrected chi connectivity index (χ4v) is 6.92. The molecule has 0 spiro atoms. The van der Waals surface area contributed by atoms with E-state index in [1.54, 1.807) is 10.9 Å². The molecule has 1 fully saturated rings. The van der Waals surface area contributed by atoms with E-state index in [1.165, 1.54) is 13.0 Å². The van der Waals surface area contributed by atoms with Crippen LogP contribution in [0.1, 0.15) is 68.2 Å². The van der Waals surface area contributed by atoms with Crippen molar-refractivity contribution in [1.29, 1.82) is 0 Å². The van der Waals surface area contributed by atoms with Gasteiger partial charge in [-0.25, -0.2) is 26.6 Å². The molecule has 0 unspecified atom stereocenters. The molecule has 4 aromatic rings. The van der Waals surface area contributed by atoms with Gasteiger partial charge in [0, 0.05) is 29.4 Å². The normalized spacial score (nSPS) is 18.1. The molecule has 0 bridgehead atoms. The Kier molecular flexibility index (Phi) is 7.39. The zero-order valence-electron chi connectivity index (χ0n) is 22.6. The van der Waals surface area contributed by atoms with Gasteiger partial charge < -0.3 is 11.5 Å². The second kappa shape index (κ2) is 10.5. The Morgan fingerprint density at radius 1 is 1.02 bits per heavy atom. The Hall–Kier alpha value is -3.44. The number of benzene rings is 2. The highest BCUT2D eigenvalue weighted by Crippen LogP contribution is 2.42. The van der Waals surface area contributed by atoms with Gasteiger partial charge in [-0.15, -0.1) is 0 Å². The fraction of sp³-hybridized carbons (Fsp3) is 0.379. The molecule has 5 rings (SSSR count). The van der Waals surface area contributed by atoms with Gasteiger partial charge in [0.1, 0.15) is 29.0 Å². The van der Waals surface area contributed by atoms with E-state index in [4.69, 9.17) is 11.5 Å². The van der Waals surface area contributed by atoms with Crippen molar-refractivity contribution in [2.45, 2.75) is 75.1 Å². The first-order valence-electron chi connectivity index (χ1n) is 13.3. The second-order valence-electron chi connectivity index (χ2n) is 10.9. The number of halogens is 3. The molecular weight excluding hydrogens is 539 g/mol. The number of sulfone groups is 1. The van der Waals surface area contributed by atoms with Gasteiger partial charge in [0.15, 0.2) is 9.84 Å².